The van der Waals surface area contributed by atoms with Gasteiger partial charge in [0.15, 0.2) is 11.4 Å². The van der Waals surface area contributed by atoms with E-state index in [0.29, 0.717) is 0 Å². The van der Waals surface area contributed by atoms with E-state index in [1.54, 1.807) is 17.8 Å². The number of aryl methyl sites for hydroxylation is 1. The molecule has 12 heteroatoms. The van der Waals surface area contributed by atoms with Crippen molar-refractivity contribution in [2.24, 2.45) is 24.6 Å². The lowest BCUT2D eigenvalue weighted by Gasteiger charge is -2.50. The van der Waals surface area contributed by atoms with E-state index in [4.69, 9.17) is 5.73 Å². The molecule has 0 spiro atoms. The zero-order valence-electron chi connectivity index (χ0n) is 20.2. The molecule has 0 aliphatic heterocycles. The van der Waals surface area contributed by atoms with Gasteiger partial charge in [-0.25, -0.2) is 9.37 Å². The van der Waals surface area contributed by atoms with Crippen molar-refractivity contribution in [2.45, 2.75) is 24.5 Å². The van der Waals surface area contributed by atoms with Gasteiger partial charge in [-0.3, -0.25) is 19.3 Å². The molecule has 194 valence electrons. The minimum atomic E-state index is -2.74. The van der Waals surface area contributed by atoms with Crippen molar-refractivity contribution in [3.63, 3.8) is 0 Å². The minimum absolute atomic E-state index is 0.00988. The van der Waals surface area contributed by atoms with Gasteiger partial charge in [0.2, 0.25) is 5.78 Å². The molecule has 11 nitrogen and oxygen atoms in total. The molecule has 3 aliphatic carbocycles. The molecule has 6 N–H and O–H groups in total. The van der Waals surface area contributed by atoms with Crippen molar-refractivity contribution in [2.75, 3.05) is 14.1 Å². The number of rotatable bonds is 3. The summed E-state index contributed by atoms with van der Waals surface area (Å²) in [6, 6.07) is -0.128. The second-order valence-electron chi connectivity index (χ2n) is 9.93. The number of aliphatic hydroxyl groups is 3. The summed E-state index contributed by atoms with van der Waals surface area (Å²) in [4.78, 5) is 44.4. The molecular weight excluding hydrogens is 487 g/mol. The average molecular weight is 512 g/mol. The molecule has 37 heavy (non-hydrogen) atoms. The molecule has 0 unspecified atom stereocenters. The van der Waals surface area contributed by atoms with Crippen LogP contribution in [-0.4, -0.2) is 78.1 Å². The van der Waals surface area contributed by atoms with Crippen LogP contribution in [0.25, 0.3) is 17.1 Å². The van der Waals surface area contributed by atoms with E-state index in [9.17, 15) is 34.8 Å². The van der Waals surface area contributed by atoms with E-state index in [-0.39, 0.29) is 40.9 Å². The number of fused-ring (bicyclic) bond motifs is 3. The summed E-state index contributed by atoms with van der Waals surface area (Å²) >= 11 is 0. The van der Waals surface area contributed by atoms with Gasteiger partial charge in [-0.15, -0.1) is 0 Å². The topological polar surface area (TPSA) is 179 Å². The van der Waals surface area contributed by atoms with Crippen molar-refractivity contribution in [3.05, 3.63) is 52.3 Å². The number of Topliss-reactive ketones (excluding diaryl/α,β-unsaturated/α-hetero) is 2. The Morgan fingerprint density at radius 3 is 2.51 bits per heavy atom. The predicted molar refractivity (Wildman–Crippen MR) is 126 cm³/mol. The number of benzene rings is 1. The molecule has 2 aromatic rings. The number of likely N-dealkylation sites (N-methyl/N-ethyl adjacent to an activating group) is 1. The maximum atomic E-state index is 15.8. The summed E-state index contributed by atoms with van der Waals surface area (Å²) < 4.78 is 17.3. The largest absolute Gasteiger partial charge is 0.508 e. The van der Waals surface area contributed by atoms with Crippen LogP contribution in [0.5, 0.6) is 5.75 Å². The van der Waals surface area contributed by atoms with Gasteiger partial charge in [-0.05, 0) is 38.9 Å². The third-order valence-electron chi connectivity index (χ3n) is 7.72. The van der Waals surface area contributed by atoms with Gasteiger partial charge in [-0.1, -0.05) is 0 Å². The number of amides is 1. The molecule has 1 aromatic heterocycles. The Morgan fingerprint density at radius 1 is 1.27 bits per heavy atom. The number of halogens is 1. The van der Waals surface area contributed by atoms with Gasteiger partial charge < -0.3 is 30.7 Å². The zero-order valence-corrected chi connectivity index (χ0v) is 20.2. The molecule has 1 heterocycles. The average Bonchev–Trinajstić information content (AvgIpc) is 3.23. The normalized spacial score (nSPS) is 27.4. The highest BCUT2D eigenvalue weighted by Crippen LogP contribution is 2.53. The van der Waals surface area contributed by atoms with Crippen LogP contribution in [0.3, 0.4) is 0 Å². The lowest BCUT2D eigenvalue weighted by Crippen LogP contribution is -2.65. The summed E-state index contributed by atoms with van der Waals surface area (Å²) in [5.74, 6) is -8.38. The van der Waals surface area contributed by atoms with Crippen LogP contribution in [0.1, 0.15) is 17.5 Å². The van der Waals surface area contributed by atoms with Gasteiger partial charge in [0, 0.05) is 36.5 Å². The molecule has 0 saturated heterocycles. The number of nitrogens with two attached hydrogens (primary N) is 1. The number of hydrogen-bond acceptors (Lipinski definition) is 9. The number of aliphatic hydroxyl groups excluding tert-OH is 2. The first-order chi connectivity index (χ1) is 17.3. The van der Waals surface area contributed by atoms with Crippen LogP contribution in [0, 0.1) is 17.7 Å². The highest BCUT2D eigenvalue weighted by Gasteiger charge is 2.64. The van der Waals surface area contributed by atoms with Gasteiger partial charge in [-0.2, -0.15) is 0 Å². The fraction of sp³-hybridized carbons (Fsp3) is 0.360. The Kier molecular flexibility index (Phi) is 5.32. The molecule has 1 aromatic carbocycles. The standard InChI is InChI=1S/C25H25FN4O7/c1-29(2)18-12-7-9-6-10-15(13(31)8-11(17(10)26)24-28-4-5-30(24)3)19(32)14(9)21(34)25(12,37)22(35)16(20(18)33)23(27)36/h4-5,8-9,12,18,31-32,35,37H,6-7H2,1-3H3,(H2,27,36)/t9-,12-,18-,25-/m0/s1. The predicted octanol–water partition coefficient (Wildman–Crippen LogP) is 0.504. The molecule has 1 saturated carbocycles. The van der Waals surface area contributed by atoms with Crippen LogP contribution >= 0.6 is 0 Å². The Labute approximate surface area is 209 Å². The molecule has 5 rings (SSSR count). The third-order valence-corrected chi connectivity index (χ3v) is 7.72. The number of primary amides is 1. The summed E-state index contributed by atoms with van der Waals surface area (Å²) in [6.07, 6.45) is 2.79. The highest BCUT2D eigenvalue weighted by molar-refractivity contribution is 6.24. The summed E-state index contributed by atoms with van der Waals surface area (Å²) in [5.41, 5.74) is 0.945. The molecule has 3 aliphatic rings. The van der Waals surface area contributed by atoms with Crippen molar-refractivity contribution in [1.29, 1.82) is 0 Å². The van der Waals surface area contributed by atoms with Crippen molar-refractivity contribution in [1.82, 2.24) is 14.5 Å². The van der Waals surface area contributed by atoms with Crippen LogP contribution in [-0.2, 0) is 27.9 Å². The number of imidazole rings is 1. The van der Waals surface area contributed by atoms with Crippen LogP contribution in [0.2, 0.25) is 0 Å². The smallest absolute Gasteiger partial charge is 0.255 e. The number of ketones is 2. The monoisotopic (exact) mass is 512 g/mol. The zero-order chi connectivity index (χ0) is 27.1. The van der Waals surface area contributed by atoms with Crippen LogP contribution in [0.15, 0.2) is 35.4 Å². The van der Waals surface area contributed by atoms with E-state index < -0.39 is 69.6 Å². The number of aromatic nitrogens is 2. The van der Waals surface area contributed by atoms with Crippen LogP contribution < -0.4 is 5.73 Å². The summed E-state index contributed by atoms with van der Waals surface area (Å²) in [7, 11) is 4.66. The van der Waals surface area contributed by atoms with Gasteiger partial charge >= 0.3 is 0 Å². The van der Waals surface area contributed by atoms with E-state index in [1.165, 1.54) is 25.2 Å². The second kappa shape index (κ2) is 7.98. The molecule has 0 radical (unpaired) electrons. The summed E-state index contributed by atoms with van der Waals surface area (Å²) in [6.45, 7) is 0. The quantitative estimate of drug-likeness (QED) is 0.366. The Morgan fingerprint density at radius 2 is 1.95 bits per heavy atom. The van der Waals surface area contributed by atoms with Crippen LogP contribution in [0.4, 0.5) is 4.39 Å². The Bertz CT molecular complexity index is 1470. The van der Waals surface area contributed by atoms with Gasteiger partial charge in [0.25, 0.3) is 5.91 Å². The molecule has 0 bridgehead atoms. The molecule has 1 amide bonds. The fourth-order valence-corrected chi connectivity index (χ4v) is 6.08. The first kappa shape index (κ1) is 24.7. The van der Waals surface area contributed by atoms with Gasteiger partial charge in [0.05, 0.1) is 17.2 Å². The lowest BCUT2D eigenvalue weighted by atomic mass is 9.57. The number of hydrogen-bond donors (Lipinski definition) is 5. The van der Waals surface area contributed by atoms with E-state index in [1.807, 2.05) is 0 Å². The maximum Gasteiger partial charge on any atom is 0.255 e. The SMILES string of the molecule is CN(C)[C@@H]1C(=O)C(C(N)=O)=C(O)[C@@]2(O)C(=O)C3=C(O)c4c(O)cc(-c5nccn5C)c(F)c4C[C@H]3C[C@@H]12. The number of nitrogens with zero attached hydrogens (tertiary/aromatic N) is 3. The first-order valence-corrected chi connectivity index (χ1v) is 11.5. The number of carbonyl (C=O) groups excluding carboxylic acids is 3. The van der Waals surface area contributed by atoms with Crippen molar-refractivity contribution < 1.29 is 39.2 Å². The highest BCUT2D eigenvalue weighted by atomic mass is 19.1. The minimum Gasteiger partial charge on any atom is -0.508 e. The van der Waals surface area contributed by atoms with Crippen molar-refractivity contribution >= 4 is 23.2 Å². The Hall–Kier alpha value is -4.03. The number of carbonyl (C=O) groups is 3. The van der Waals surface area contributed by atoms with Crippen molar-refractivity contribution in [3.8, 4) is 17.1 Å². The number of phenolic OH excluding ortho intramolecular Hbond substituents is 1. The second-order valence-corrected chi connectivity index (χ2v) is 9.93. The maximum absolute atomic E-state index is 15.8. The molecular formula is C25H25FN4O7. The molecule has 1 fully saturated rings. The summed E-state index contributed by atoms with van der Waals surface area (Å²) in [5, 5.41) is 44.3. The first-order valence-electron chi connectivity index (χ1n) is 11.5. The number of aromatic hydroxyl groups is 1. The van der Waals surface area contributed by atoms with E-state index in [2.05, 4.69) is 4.98 Å². The van der Waals surface area contributed by atoms with Gasteiger partial charge in [0.1, 0.15) is 34.5 Å². The molecule has 4 atom stereocenters. The fourth-order valence-electron chi connectivity index (χ4n) is 6.08. The Balaban J connectivity index is 1.74. The number of phenols is 1. The third kappa shape index (κ3) is 3.12. The van der Waals surface area contributed by atoms with E-state index >= 15 is 4.39 Å². The lowest BCUT2D eigenvalue weighted by molar-refractivity contribution is -0.153. The van der Waals surface area contributed by atoms with E-state index in [0.717, 1.165) is 6.07 Å².